The molecule has 1 heterocycles. The third-order valence-electron chi connectivity index (χ3n) is 5.89. The van der Waals surface area contributed by atoms with Gasteiger partial charge in [-0.15, -0.1) is 0 Å². The number of rotatable bonds is 6. The van der Waals surface area contributed by atoms with Gasteiger partial charge in [-0.05, 0) is 30.2 Å². The Morgan fingerprint density at radius 1 is 1.00 bits per heavy atom. The summed E-state index contributed by atoms with van der Waals surface area (Å²) in [7, 11) is -5.78. The molecule has 0 bridgehead atoms. The molecule has 35 heavy (non-hydrogen) atoms. The van der Waals surface area contributed by atoms with E-state index in [1.54, 1.807) is 0 Å². The van der Waals surface area contributed by atoms with E-state index in [4.69, 9.17) is 11.6 Å². The molecule has 10 heteroatoms. The number of nitrogens with zero attached hydrogens (tertiary/aromatic N) is 2. The highest BCUT2D eigenvalue weighted by Gasteiger charge is 2.48. The fraction of sp³-hybridized carbons (Fsp3) is 0.280. The second kappa shape index (κ2) is 10.1. The summed E-state index contributed by atoms with van der Waals surface area (Å²) in [5, 5.41) is 0.105. The lowest BCUT2D eigenvalue weighted by Gasteiger charge is -2.43. The zero-order valence-corrected chi connectivity index (χ0v) is 20.4. The van der Waals surface area contributed by atoms with Crippen molar-refractivity contribution in [3.63, 3.8) is 0 Å². The van der Waals surface area contributed by atoms with Gasteiger partial charge in [-0.3, -0.25) is 4.90 Å². The van der Waals surface area contributed by atoms with Crippen molar-refractivity contribution < 1.29 is 25.8 Å². The monoisotopic (exact) mass is 524 g/mol. The lowest BCUT2D eigenvalue weighted by molar-refractivity contribution is -0.0500. The Kier molecular flexibility index (Phi) is 7.30. The van der Waals surface area contributed by atoms with Gasteiger partial charge in [-0.1, -0.05) is 71.8 Å². The van der Waals surface area contributed by atoms with E-state index in [0.717, 1.165) is 30.3 Å². The largest absolute Gasteiger partial charge is 0.534 e. The lowest BCUT2D eigenvalue weighted by Crippen LogP contribution is -2.48. The van der Waals surface area contributed by atoms with Gasteiger partial charge in [-0.25, -0.2) is 0 Å². The number of benzene rings is 3. The van der Waals surface area contributed by atoms with Gasteiger partial charge in [0.25, 0.3) is 0 Å². The second-order valence-corrected chi connectivity index (χ2v) is 10.4. The maximum Gasteiger partial charge on any atom is 0.534 e. The molecule has 0 radical (unpaired) electrons. The van der Waals surface area contributed by atoms with E-state index in [2.05, 4.69) is 38.2 Å². The minimum absolute atomic E-state index is 0.0729. The Morgan fingerprint density at radius 3 is 2.31 bits per heavy atom. The summed E-state index contributed by atoms with van der Waals surface area (Å²) in [5.74, 6) is -0.495. The molecule has 3 aromatic carbocycles. The van der Waals surface area contributed by atoms with Crippen molar-refractivity contribution in [3.8, 4) is 5.75 Å². The van der Waals surface area contributed by atoms with Gasteiger partial charge in [0.05, 0.1) is 16.8 Å². The minimum Gasteiger partial charge on any atom is -0.376 e. The summed E-state index contributed by atoms with van der Waals surface area (Å²) in [6.07, 6.45) is 0. The van der Waals surface area contributed by atoms with Gasteiger partial charge in [0.15, 0.2) is 0 Å². The molecule has 0 spiro atoms. The zero-order valence-electron chi connectivity index (χ0n) is 18.9. The smallest absolute Gasteiger partial charge is 0.376 e. The molecule has 0 unspecified atom stereocenters. The van der Waals surface area contributed by atoms with Crippen LogP contribution in [0.5, 0.6) is 5.75 Å². The molecule has 0 amide bonds. The highest BCUT2D eigenvalue weighted by atomic mass is 35.5. The second-order valence-electron chi connectivity index (χ2n) is 8.44. The first-order chi connectivity index (χ1) is 16.5. The quantitative estimate of drug-likeness (QED) is 0.295. The number of halogens is 4. The van der Waals surface area contributed by atoms with E-state index in [0.29, 0.717) is 18.8 Å². The molecule has 0 aliphatic carbocycles. The Balaban J connectivity index is 1.61. The number of hydrogen-bond acceptors (Lipinski definition) is 5. The van der Waals surface area contributed by atoms with E-state index < -0.39 is 21.4 Å². The van der Waals surface area contributed by atoms with Crippen LogP contribution in [0.2, 0.25) is 5.02 Å². The van der Waals surface area contributed by atoms with Crippen LogP contribution in [-0.4, -0.2) is 38.5 Å². The SMILES string of the molecule is Cc1ccc([C@@H]2CN(Cc3ccccc3)CCN2c2ccc(OS(=O)(=O)C(F)(F)F)cc2Cl)cc1. The molecule has 186 valence electrons. The van der Waals surface area contributed by atoms with Crippen LogP contribution in [0.3, 0.4) is 0 Å². The fourth-order valence-corrected chi connectivity index (χ4v) is 4.86. The van der Waals surface area contributed by atoms with Crippen molar-refractivity contribution in [1.82, 2.24) is 4.90 Å². The standard InChI is InChI=1S/C25H24ClF3N2O3S/c1-18-7-9-20(10-8-18)24-17-30(16-19-5-3-2-4-6-19)13-14-31(24)23-12-11-21(15-22(23)26)34-35(32,33)25(27,28)29/h2-12,15,24H,13-14,16-17H2,1H3/t24-/m0/s1. The first-order valence-corrected chi connectivity index (χ1v) is 12.7. The summed E-state index contributed by atoms with van der Waals surface area (Å²) >= 11 is 6.44. The third kappa shape index (κ3) is 5.91. The summed E-state index contributed by atoms with van der Waals surface area (Å²) < 4.78 is 65.0. The average Bonchev–Trinajstić information content (AvgIpc) is 2.80. The molecule has 1 atom stereocenters. The van der Waals surface area contributed by atoms with Crippen molar-refractivity contribution >= 4 is 27.4 Å². The molecule has 0 aromatic heterocycles. The highest BCUT2D eigenvalue weighted by Crippen LogP contribution is 2.38. The van der Waals surface area contributed by atoms with E-state index in [-0.39, 0.29) is 11.1 Å². The van der Waals surface area contributed by atoms with Crippen LogP contribution < -0.4 is 9.08 Å². The molecule has 0 N–H and O–H groups in total. The minimum atomic E-state index is -5.78. The Hall–Kier alpha value is -2.75. The first-order valence-electron chi connectivity index (χ1n) is 10.9. The summed E-state index contributed by atoms with van der Waals surface area (Å²) in [4.78, 5) is 4.44. The van der Waals surface area contributed by atoms with Crippen LogP contribution in [-0.2, 0) is 16.7 Å². The highest BCUT2D eigenvalue weighted by molar-refractivity contribution is 7.88. The average molecular weight is 525 g/mol. The van der Waals surface area contributed by atoms with E-state index in [1.807, 2.05) is 37.3 Å². The molecule has 4 rings (SSSR count). The van der Waals surface area contributed by atoms with Crippen molar-refractivity contribution in [2.45, 2.75) is 25.0 Å². The molecule has 1 fully saturated rings. The van der Waals surface area contributed by atoms with Gasteiger partial charge in [0.2, 0.25) is 0 Å². The van der Waals surface area contributed by atoms with Crippen LogP contribution in [0, 0.1) is 6.92 Å². The summed E-state index contributed by atoms with van der Waals surface area (Å²) in [6.45, 7) is 4.86. The predicted molar refractivity (Wildman–Crippen MR) is 130 cm³/mol. The van der Waals surface area contributed by atoms with Crippen LogP contribution in [0.1, 0.15) is 22.7 Å². The topological polar surface area (TPSA) is 49.9 Å². The van der Waals surface area contributed by atoms with E-state index in [9.17, 15) is 21.6 Å². The van der Waals surface area contributed by atoms with E-state index in [1.165, 1.54) is 17.7 Å². The summed E-state index contributed by atoms with van der Waals surface area (Å²) in [6, 6.07) is 22.0. The molecule has 1 saturated heterocycles. The number of anilines is 1. The number of piperazine rings is 1. The normalized spacial score (nSPS) is 17.4. The molecular weight excluding hydrogens is 501 g/mol. The fourth-order valence-electron chi connectivity index (χ4n) is 4.13. The van der Waals surface area contributed by atoms with Gasteiger partial charge in [0.1, 0.15) is 5.75 Å². The lowest BCUT2D eigenvalue weighted by atomic mass is 9.99. The zero-order chi connectivity index (χ0) is 25.2. The summed E-state index contributed by atoms with van der Waals surface area (Å²) in [5.41, 5.74) is -1.53. The number of hydrogen-bond donors (Lipinski definition) is 0. The van der Waals surface area contributed by atoms with Gasteiger partial charge in [-0.2, -0.15) is 21.6 Å². The van der Waals surface area contributed by atoms with Crippen molar-refractivity contribution in [1.29, 1.82) is 0 Å². The van der Waals surface area contributed by atoms with Crippen LogP contribution in [0.4, 0.5) is 18.9 Å². The molecule has 5 nitrogen and oxygen atoms in total. The maximum absolute atomic E-state index is 12.7. The molecular formula is C25H24ClF3N2O3S. The van der Waals surface area contributed by atoms with Gasteiger partial charge in [0, 0.05) is 32.2 Å². The van der Waals surface area contributed by atoms with Crippen molar-refractivity contribution in [3.05, 3.63) is 94.5 Å². The predicted octanol–water partition coefficient (Wildman–Crippen LogP) is 5.94. The van der Waals surface area contributed by atoms with Crippen LogP contribution in [0.15, 0.2) is 72.8 Å². The molecule has 1 aliphatic rings. The van der Waals surface area contributed by atoms with Crippen LogP contribution in [0.25, 0.3) is 0 Å². The van der Waals surface area contributed by atoms with Gasteiger partial charge < -0.3 is 9.08 Å². The molecule has 1 aliphatic heterocycles. The number of alkyl halides is 3. The van der Waals surface area contributed by atoms with Gasteiger partial charge >= 0.3 is 15.6 Å². The number of aryl methyl sites for hydroxylation is 1. The Bertz CT molecular complexity index is 1270. The molecule has 0 saturated carbocycles. The molecule has 3 aromatic rings. The van der Waals surface area contributed by atoms with E-state index >= 15 is 0 Å². The first kappa shape index (κ1) is 25.3. The van der Waals surface area contributed by atoms with Crippen LogP contribution >= 0.6 is 11.6 Å². The maximum atomic E-state index is 12.7. The Labute approximate surface area is 207 Å². The van der Waals surface area contributed by atoms with Crippen molar-refractivity contribution in [2.24, 2.45) is 0 Å². The Morgan fingerprint density at radius 2 is 1.69 bits per heavy atom. The van der Waals surface area contributed by atoms with Crippen molar-refractivity contribution in [2.75, 3.05) is 24.5 Å². The third-order valence-corrected chi connectivity index (χ3v) is 7.18.